The van der Waals surface area contributed by atoms with Gasteiger partial charge in [0.15, 0.2) is 11.5 Å². The number of ether oxygens (including phenoxy) is 2. The Hall–Kier alpha value is -1.79. The molecule has 0 radical (unpaired) electrons. The van der Waals surface area contributed by atoms with Crippen LogP contribution >= 0.6 is 15.9 Å². The minimum Gasteiger partial charge on any atom is -0.454 e. The minimum absolute atomic E-state index is 0.325. The molecular weight excluding hydrogens is 370 g/mol. The van der Waals surface area contributed by atoms with E-state index in [0.717, 1.165) is 48.0 Å². The van der Waals surface area contributed by atoms with E-state index in [1.54, 1.807) is 0 Å². The number of benzene rings is 1. The molecule has 1 saturated heterocycles. The number of anilines is 1. The Kier molecular flexibility index (Phi) is 4.33. The second-order valence-electron chi connectivity index (χ2n) is 6.15. The zero-order chi connectivity index (χ0) is 16.5. The van der Waals surface area contributed by atoms with E-state index in [9.17, 15) is 0 Å². The van der Waals surface area contributed by atoms with E-state index < -0.39 is 0 Å². The van der Waals surface area contributed by atoms with Crippen LogP contribution in [0.1, 0.15) is 18.5 Å². The number of hydrogen-bond acceptors (Lipinski definition) is 5. The summed E-state index contributed by atoms with van der Waals surface area (Å²) in [6, 6.07) is 10.7. The fourth-order valence-corrected chi connectivity index (χ4v) is 3.51. The summed E-state index contributed by atoms with van der Waals surface area (Å²) in [7, 11) is 0. The maximum absolute atomic E-state index is 5.50. The van der Waals surface area contributed by atoms with E-state index in [0.29, 0.717) is 12.8 Å². The van der Waals surface area contributed by atoms with Crippen molar-refractivity contribution in [2.75, 3.05) is 37.9 Å². The van der Waals surface area contributed by atoms with E-state index in [1.807, 2.05) is 18.3 Å². The van der Waals surface area contributed by atoms with E-state index in [-0.39, 0.29) is 0 Å². The monoisotopic (exact) mass is 389 g/mol. The fourth-order valence-electron chi connectivity index (χ4n) is 3.28. The van der Waals surface area contributed by atoms with Crippen molar-refractivity contribution in [3.05, 3.63) is 46.6 Å². The van der Waals surface area contributed by atoms with Gasteiger partial charge in [-0.25, -0.2) is 4.98 Å². The molecule has 4 rings (SSSR count). The van der Waals surface area contributed by atoms with Gasteiger partial charge in [0.05, 0.1) is 0 Å². The highest BCUT2D eigenvalue weighted by atomic mass is 79.9. The molecule has 1 aromatic heterocycles. The van der Waals surface area contributed by atoms with Gasteiger partial charge in [-0.2, -0.15) is 0 Å². The number of nitrogens with zero attached hydrogens (tertiary/aromatic N) is 3. The van der Waals surface area contributed by atoms with Crippen molar-refractivity contribution in [3.8, 4) is 11.5 Å². The molecule has 0 N–H and O–H groups in total. The van der Waals surface area contributed by atoms with Gasteiger partial charge in [0.25, 0.3) is 0 Å². The molecule has 0 bridgehead atoms. The first-order chi connectivity index (χ1) is 11.7. The highest BCUT2D eigenvalue weighted by molar-refractivity contribution is 9.10. The number of fused-ring (bicyclic) bond motifs is 1. The van der Waals surface area contributed by atoms with Crippen LogP contribution < -0.4 is 14.4 Å². The highest BCUT2D eigenvalue weighted by Crippen LogP contribution is 2.35. The first-order valence-electron chi connectivity index (χ1n) is 8.21. The summed E-state index contributed by atoms with van der Waals surface area (Å²) in [6.07, 6.45) is 1.86. The fraction of sp³-hybridized carbons (Fsp3) is 0.389. The van der Waals surface area contributed by atoms with Gasteiger partial charge in [-0.15, -0.1) is 0 Å². The molecule has 2 aromatic rings. The summed E-state index contributed by atoms with van der Waals surface area (Å²) < 4.78 is 11.9. The lowest BCUT2D eigenvalue weighted by Crippen LogP contribution is -2.47. The van der Waals surface area contributed by atoms with E-state index in [2.05, 4.69) is 55.8 Å². The molecule has 2 aliphatic heterocycles. The summed E-state index contributed by atoms with van der Waals surface area (Å²) >= 11 is 3.44. The molecule has 1 fully saturated rings. The number of rotatable bonds is 3. The van der Waals surface area contributed by atoms with Crippen molar-refractivity contribution in [1.82, 2.24) is 9.88 Å². The van der Waals surface area contributed by atoms with Gasteiger partial charge < -0.3 is 14.4 Å². The molecule has 0 saturated carbocycles. The molecule has 1 atom stereocenters. The summed E-state index contributed by atoms with van der Waals surface area (Å²) in [4.78, 5) is 9.35. The third kappa shape index (κ3) is 3.08. The van der Waals surface area contributed by atoms with Gasteiger partial charge in [-0.1, -0.05) is 6.07 Å². The predicted molar refractivity (Wildman–Crippen MR) is 96.7 cm³/mol. The van der Waals surface area contributed by atoms with Crippen molar-refractivity contribution >= 4 is 21.7 Å². The van der Waals surface area contributed by atoms with E-state index in [1.165, 1.54) is 5.56 Å². The topological polar surface area (TPSA) is 37.8 Å². The second-order valence-corrected chi connectivity index (χ2v) is 7.06. The van der Waals surface area contributed by atoms with Crippen molar-refractivity contribution in [1.29, 1.82) is 0 Å². The molecule has 0 spiro atoms. The molecule has 6 heteroatoms. The predicted octanol–water partition coefficient (Wildman–Crippen LogP) is 3.46. The first-order valence-corrected chi connectivity index (χ1v) is 9.00. The summed E-state index contributed by atoms with van der Waals surface area (Å²) in [5.41, 5.74) is 1.27. The van der Waals surface area contributed by atoms with E-state index in [4.69, 9.17) is 9.47 Å². The SMILES string of the molecule is C[C@@H](c1ccc2c(c1)OCO2)N1CCN(c2ccc(Br)cn2)CC1. The van der Waals surface area contributed by atoms with Crippen LogP contribution in [-0.4, -0.2) is 42.9 Å². The lowest BCUT2D eigenvalue weighted by molar-refractivity contribution is 0.173. The smallest absolute Gasteiger partial charge is 0.231 e. The lowest BCUT2D eigenvalue weighted by atomic mass is 10.1. The summed E-state index contributed by atoms with van der Waals surface area (Å²) in [5.74, 6) is 2.75. The largest absolute Gasteiger partial charge is 0.454 e. The normalized spacial score (nSPS) is 18.7. The van der Waals surface area contributed by atoms with Crippen LogP contribution in [0.5, 0.6) is 11.5 Å². The Labute approximate surface area is 150 Å². The average Bonchev–Trinajstić information content (AvgIpc) is 3.09. The van der Waals surface area contributed by atoms with Crippen LogP contribution in [0.15, 0.2) is 41.0 Å². The van der Waals surface area contributed by atoms with Crippen LogP contribution in [0.25, 0.3) is 0 Å². The molecule has 0 amide bonds. The third-order valence-electron chi connectivity index (χ3n) is 4.78. The molecule has 2 aliphatic rings. The number of halogens is 1. The number of aromatic nitrogens is 1. The lowest BCUT2D eigenvalue weighted by Gasteiger charge is -2.38. The first kappa shape index (κ1) is 15.7. The van der Waals surface area contributed by atoms with Gasteiger partial charge in [0.2, 0.25) is 6.79 Å². The Morgan fingerprint density at radius 2 is 1.83 bits per heavy atom. The zero-order valence-electron chi connectivity index (χ0n) is 13.6. The van der Waals surface area contributed by atoms with Gasteiger partial charge in [-0.05, 0) is 52.7 Å². The van der Waals surface area contributed by atoms with Crippen molar-refractivity contribution in [3.63, 3.8) is 0 Å². The number of hydrogen-bond donors (Lipinski definition) is 0. The quantitative estimate of drug-likeness (QED) is 0.803. The molecule has 1 aromatic carbocycles. The molecule has 126 valence electrons. The Morgan fingerprint density at radius 1 is 1.04 bits per heavy atom. The van der Waals surface area contributed by atoms with Crippen LogP contribution in [0.2, 0.25) is 0 Å². The van der Waals surface area contributed by atoms with Gasteiger partial charge >= 0.3 is 0 Å². The minimum atomic E-state index is 0.325. The number of pyridine rings is 1. The molecular formula is C18H20BrN3O2. The summed E-state index contributed by atoms with van der Waals surface area (Å²) in [5, 5.41) is 0. The molecule has 5 nitrogen and oxygen atoms in total. The zero-order valence-corrected chi connectivity index (χ0v) is 15.2. The number of piperazine rings is 1. The molecule has 3 heterocycles. The summed E-state index contributed by atoms with van der Waals surface area (Å²) in [6.45, 7) is 6.60. The van der Waals surface area contributed by atoms with Crippen LogP contribution in [-0.2, 0) is 0 Å². The highest BCUT2D eigenvalue weighted by Gasteiger charge is 2.24. The van der Waals surface area contributed by atoms with Crippen molar-refractivity contribution in [2.24, 2.45) is 0 Å². The molecule has 24 heavy (non-hydrogen) atoms. The van der Waals surface area contributed by atoms with Crippen LogP contribution in [0.3, 0.4) is 0 Å². The Morgan fingerprint density at radius 3 is 2.58 bits per heavy atom. The standard InChI is InChI=1S/C18H20BrN3O2/c1-13(14-2-4-16-17(10-14)24-12-23-16)21-6-8-22(9-7-21)18-5-3-15(19)11-20-18/h2-5,10-11,13H,6-9,12H2,1H3/t13-/m0/s1. The maximum Gasteiger partial charge on any atom is 0.231 e. The van der Waals surface area contributed by atoms with E-state index >= 15 is 0 Å². The molecule has 0 aliphatic carbocycles. The van der Waals surface area contributed by atoms with Gasteiger partial charge in [-0.3, -0.25) is 4.90 Å². The van der Waals surface area contributed by atoms with Gasteiger partial charge in [0, 0.05) is 42.9 Å². The third-order valence-corrected chi connectivity index (χ3v) is 5.25. The molecule has 0 unspecified atom stereocenters. The Balaban J connectivity index is 1.41. The maximum atomic E-state index is 5.50. The van der Waals surface area contributed by atoms with Crippen LogP contribution in [0, 0.1) is 0 Å². The van der Waals surface area contributed by atoms with Crippen LogP contribution in [0.4, 0.5) is 5.82 Å². The van der Waals surface area contributed by atoms with Gasteiger partial charge in [0.1, 0.15) is 5.82 Å². The average molecular weight is 390 g/mol. The Bertz CT molecular complexity index is 715. The van der Waals surface area contributed by atoms with Crippen molar-refractivity contribution in [2.45, 2.75) is 13.0 Å². The second kappa shape index (κ2) is 6.61. The van der Waals surface area contributed by atoms with Crippen molar-refractivity contribution < 1.29 is 9.47 Å².